The predicted molar refractivity (Wildman–Crippen MR) is 123 cm³/mol. The summed E-state index contributed by atoms with van der Waals surface area (Å²) in [5.41, 5.74) is 2.26. The van der Waals surface area contributed by atoms with Crippen molar-refractivity contribution in [3.63, 3.8) is 0 Å². The zero-order valence-corrected chi connectivity index (χ0v) is 19.1. The van der Waals surface area contributed by atoms with Gasteiger partial charge in [-0.1, -0.05) is 44.2 Å². The molecule has 0 saturated heterocycles. The normalized spacial score (nSPS) is 12.1. The van der Waals surface area contributed by atoms with Crippen LogP contribution in [0.3, 0.4) is 0 Å². The summed E-state index contributed by atoms with van der Waals surface area (Å²) in [6.45, 7) is 8.89. The molecule has 0 aliphatic carbocycles. The lowest BCUT2D eigenvalue weighted by atomic mass is 10.0. The first-order valence-corrected chi connectivity index (χ1v) is 12.2. The van der Waals surface area contributed by atoms with Crippen LogP contribution in [-0.2, 0) is 16.3 Å². The van der Waals surface area contributed by atoms with Crippen LogP contribution < -0.4 is 15.4 Å². The predicted octanol–water partition coefficient (Wildman–Crippen LogP) is 3.39. The second-order valence-corrected chi connectivity index (χ2v) is 9.41. The van der Waals surface area contributed by atoms with Gasteiger partial charge in [0.05, 0.1) is 11.4 Å². The molecule has 0 aliphatic rings. The second kappa shape index (κ2) is 11.6. The molecule has 2 rings (SSSR count). The van der Waals surface area contributed by atoms with Crippen LogP contribution >= 0.6 is 0 Å². The van der Waals surface area contributed by atoms with Crippen LogP contribution in [-0.4, -0.2) is 46.9 Å². The molecule has 0 unspecified atom stereocenters. The van der Waals surface area contributed by atoms with Crippen molar-refractivity contribution in [3.05, 3.63) is 59.7 Å². The lowest BCUT2D eigenvalue weighted by Crippen LogP contribution is -2.39. The minimum absolute atomic E-state index is 0.337. The van der Waals surface area contributed by atoms with Gasteiger partial charge >= 0.3 is 0 Å². The van der Waals surface area contributed by atoms with Gasteiger partial charge in [-0.3, -0.25) is 4.99 Å². The van der Waals surface area contributed by atoms with Crippen LogP contribution in [0.1, 0.15) is 37.8 Å². The van der Waals surface area contributed by atoms with Crippen LogP contribution in [0.5, 0.6) is 5.75 Å². The number of rotatable bonds is 10. The molecule has 0 amide bonds. The van der Waals surface area contributed by atoms with Crippen LogP contribution in [0, 0.1) is 0 Å². The van der Waals surface area contributed by atoms with Gasteiger partial charge < -0.3 is 15.4 Å². The highest BCUT2D eigenvalue weighted by Gasteiger charge is 2.07. The average molecular weight is 432 g/mol. The quantitative estimate of drug-likeness (QED) is 0.342. The van der Waals surface area contributed by atoms with Crippen LogP contribution in [0.15, 0.2) is 58.4 Å². The number of nitrogens with one attached hydrogen (secondary N) is 2. The van der Waals surface area contributed by atoms with Crippen molar-refractivity contribution in [1.29, 1.82) is 0 Å². The van der Waals surface area contributed by atoms with Gasteiger partial charge in [0.25, 0.3) is 0 Å². The zero-order valence-electron chi connectivity index (χ0n) is 18.3. The topological polar surface area (TPSA) is 79.8 Å². The van der Waals surface area contributed by atoms with Crippen molar-refractivity contribution in [2.24, 2.45) is 4.99 Å². The summed E-state index contributed by atoms with van der Waals surface area (Å²) in [7, 11) is -3.16. The Labute approximate surface area is 180 Å². The van der Waals surface area contributed by atoms with Crippen molar-refractivity contribution in [2.75, 3.05) is 32.5 Å². The van der Waals surface area contributed by atoms with Crippen molar-refractivity contribution in [3.8, 4) is 5.75 Å². The number of ether oxygens (including phenoxy) is 1. The summed E-state index contributed by atoms with van der Waals surface area (Å²) in [5, 5.41) is 6.52. The summed E-state index contributed by atoms with van der Waals surface area (Å²) in [6.07, 6.45) is 1.95. The molecule has 0 aromatic heterocycles. The molecule has 0 fully saturated rings. The summed E-state index contributed by atoms with van der Waals surface area (Å²) >= 11 is 0. The molecular weight excluding hydrogens is 398 g/mol. The Morgan fingerprint density at radius 1 is 1.07 bits per heavy atom. The van der Waals surface area contributed by atoms with E-state index >= 15 is 0 Å². The van der Waals surface area contributed by atoms with E-state index in [0.717, 1.165) is 30.2 Å². The molecule has 30 heavy (non-hydrogen) atoms. The Bertz CT molecular complexity index is 923. The Hall–Kier alpha value is -2.54. The van der Waals surface area contributed by atoms with E-state index in [1.807, 2.05) is 37.3 Å². The number of sulfone groups is 1. The Kier molecular flexibility index (Phi) is 9.17. The fraction of sp³-hybridized carbons (Fsp3) is 0.435. The molecule has 6 nitrogen and oxygen atoms in total. The molecule has 0 saturated carbocycles. The van der Waals surface area contributed by atoms with Gasteiger partial charge in [0.1, 0.15) is 12.4 Å². The number of nitrogens with zero attached hydrogens (tertiary/aromatic N) is 1. The van der Waals surface area contributed by atoms with E-state index in [0.29, 0.717) is 30.5 Å². The number of hydrogen-bond donors (Lipinski definition) is 2. The molecule has 0 aliphatic heterocycles. The number of hydrogen-bond acceptors (Lipinski definition) is 4. The molecule has 0 heterocycles. The maximum atomic E-state index is 11.5. The third-order valence-electron chi connectivity index (χ3n) is 4.56. The van der Waals surface area contributed by atoms with Crippen LogP contribution in [0.4, 0.5) is 0 Å². The number of aliphatic imine (C=N–C) groups is 1. The van der Waals surface area contributed by atoms with Crippen LogP contribution in [0.25, 0.3) is 0 Å². The highest BCUT2D eigenvalue weighted by atomic mass is 32.2. The van der Waals surface area contributed by atoms with E-state index in [1.54, 1.807) is 12.1 Å². The third kappa shape index (κ3) is 7.71. The Morgan fingerprint density at radius 2 is 1.77 bits per heavy atom. The van der Waals surface area contributed by atoms with E-state index in [2.05, 4.69) is 35.5 Å². The summed E-state index contributed by atoms with van der Waals surface area (Å²) in [4.78, 5) is 4.93. The Morgan fingerprint density at radius 3 is 2.40 bits per heavy atom. The second-order valence-electron chi connectivity index (χ2n) is 7.39. The maximum absolute atomic E-state index is 11.5. The highest BCUT2D eigenvalue weighted by molar-refractivity contribution is 7.90. The highest BCUT2D eigenvalue weighted by Crippen LogP contribution is 2.25. The fourth-order valence-electron chi connectivity index (χ4n) is 2.96. The number of guanidine groups is 1. The van der Waals surface area contributed by atoms with Gasteiger partial charge in [-0.15, -0.1) is 0 Å². The van der Waals surface area contributed by atoms with E-state index in [9.17, 15) is 8.42 Å². The van der Waals surface area contributed by atoms with Crippen molar-refractivity contribution < 1.29 is 13.2 Å². The van der Waals surface area contributed by atoms with Crippen LogP contribution in [0.2, 0.25) is 0 Å². The fourth-order valence-corrected chi connectivity index (χ4v) is 3.59. The SMILES string of the molecule is CCNC(=NCCc1ccc(S(C)(=O)=O)cc1)NCCOc1ccccc1C(C)C. The summed E-state index contributed by atoms with van der Waals surface area (Å²) in [6, 6.07) is 15.1. The largest absolute Gasteiger partial charge is 0.491 e. The molecule has 0 radical (unpaired) electrons. The first kappa shape index (κ1) is 23.7. The van der Waals surface area contributed by atoms with Gasteiger partial charge in [0.2, 0.25) is 0 Å². The molecule has 2 aromatic rings. The molecule has 7 heteroatoms. The minimum Gasteiger partial charge on any atom is -0.491 e. The standard InChI is InChI=1S/C23H33N3O3S/c1-5-24-23(25-15-14-19-10-12-20(13-11-19)30(4,27)28)26-16-17-29-22-9-7-6-8-21(22)18(2)3/h6-13,18H,5,14-17H2,1-4H3,(H2,24,25,26). The van der Waals surface area contributed by atoms with Crippen molar-refractivity contribution >= 4 is 15.8 Å². The van der Waals surface area contributed by atoms with Gasteiger partial charge in [-0.25, -0.2) is 8.42 Å². The van der Waals surface area contributed by atoms with E-state index in [1.165, 1.54) is 11.8 Å². The first-order chi connectivity index (χ1) is 14.3. The van der Waals surface area contributed by atoms with E-state index in [4.69, 9.17) is 4.74 Å². The van der Waals surface area contributed by atoms with Gasteiger partial charge in [0.15, 0.2) is 15.8 Å². The molecule has 2 N–H and O–H groups in total. The van der Waals surface area contributed by atoms with Gasteiger partial charge in [0, 0.05) is 19.3 Å². The lowest BCUT2D eigenvalue weighted by Gasteiger charge is -2.15. The maximum Gasteiger partial charge on any atom is 0.191 e. The molecule has 2 aromatic carbocycles. The molecule has 0 atom stereocenters. The van der Waals surface area contributed by atoms with Crippen molar-refractivity contribution in [2.45, 2.75) is 38.0 Å². The molecule has 0 bridgehead atoms. The summed E-state index contributed by atoms with van der Waals surface area (Å²) < 4.78 is 29.0. The van der Waals surface area contributed by atoms with E-state index < -0.39 is 9.84 Å². The first-order valence-electron chi connectivity index (χ1n) is 10.3. The monoisotopic (exact) mass is 431 g/mol. The minimum atomic E-state index is -3.16. The van der Waals surface area contributed by atoms with Gasteiger partial charge in [-0.2, -0.15) is 0 Å². The lowest BCUT2D eigenvalue weighted by molar-refractivity contribution is 0.317. The summed E-state index contributed by atoms with van der Waals surface area (Å²) in [5.74, 6) is 2.08. The van der Waals surface area contributed by atoms with Gasteiger partial charge in [-0.05, 0) is 48.6 Å². The zero-order chi connectivity index (χ0) is 22.0. The average Bonchev–Trinajstić information content (AvgIpc) is 2.71. The third-order valence-corrected chi connectivity index (χ3v) is 5.69. The molecule has 0 spiro atoms. The Balaban J connectivity index is 1.83. The smallest absolute Gasteiger partial charge is 0.191 e. The van der Waals surface area contributed by atoms with E-state index in [-0.39, 0.29) is 0 Å². The van der Waals surface area contributed by atoms with Crippen molar-refractivity contribution in [1.82, 2.24) is 10.6 Å². The number of benzene rings is 2. The molecule has 164 valence electrons. The number of para-hydroxylation sites is 1. The molecular formula is C23H33N3O3S.